The molecule has 8 heteroatoms. The first-order valence-electron chi connectivity index (χ1n) is 3.86. The lowest BCUT2D eigenvalue weighted by Gasteiger charge is -1.96. The van der Waals surface area contributed by atoms with E-state index in [2.05, 4.69) is 36.0 Å². The van der Waals surface area contributed by atoms with E-state index in [4.69, 9.17) is 18.0 Å². The average Bonchev–Trinajstić information content (AvgIpc) is 2.68. The van der Waals surface area contributed by atoms with Gasteiger partial charge in [-0.3, -0.25) is 0 Å². The molecule has 2 N–H and O–H groups in total. The van der Waals surface area contributed by atoms with Crippen LogP contribution < -0.4 is 5.73 Å². The summed E-state index contributed by atoms with van der Waals surface area (Å²) < 4.78 is 2.20. The van der Waals surface area contributed by atoms with Crippen molar-refractivity contribution >= 4 is 33.1 Å². The number of nitrogens with zero attached hydrogens (tertiary/aromatic N) is 5. The Morgan fingerprint density at radius 1 is 1.33 bits per heavy atom. The van der Waals surface area contributed by atoms with Crippen LogP contribution in [0.25, 0.3) is 5.95 Å². The second-order valence-corrected chi connectivity index (χ2v) is 3.93. The highest BCUT2D eigenvalue weighted by atomic mass is 79.9. The Kier molecular flexibility index (Phi) is 2.69. The molecule has 0 spiro atoms. The topological polar surface area (TPSA) is 82.5 Å². The van der Waals surface area contributed by atoms with Gasteiger partial charge in [0.25, 0.3) is 5.95 Å². The molecular weight excluding hydrogens is 280 g/mol. The van der Waals surface area contributed by atoms with Crippen LogP contribution in [0.1, 0.15) is 5.82 Å². The number of thiocarbonyl (C=S) groups is 1. The van der Waals surface area contributed by atoms with Gasteiger partial charge < -0.3 is 5.73 Å². The third-order valence-corrected chi connectivity index (χ3v) is 2.12. The minimum Gasteiger partial charge on any atom is -0.387 e. The third-order valence-electron chi connectivity index (χ3n) is 1.52. The van der Waals surface area contributed by atoms with Crippen LogP contribution in [0.2, 0.25) is 0 Å². The highest BCUT2D eigenvalue weighted by molar-refractivity contribution is 9.10. The lowest BCUT2D eigenvalue weighted by molar-refractivity contribution is 0.802. The number of hydrogen-bond acceptors (Lipinski definition) is 5. The van der Waals surface area contributed by atoms with Gasteiger partial charge in [0.2, 0.25) is 5.82 Å². The predicted octanol–water partition coefficient (Wildman–Crippen LogP) is 0.454. The van der Waals surface area contributed by atoms with Gasteiger partial charge >= 0.3 is 0 Å². The second kappa shape index (κ2) is 3.99. The van der Waals surface area contributed by atoms with E-state index in [-0.39, 0.29) is 4.99 Å². The fraction of sp³-hybridized carbons (Fsp3) is 0. The van der Waals surface area contributed by atoms with Crippen LogP contribution in [0.15, 0.2) is 23.2 Å². The molecule has 2 aromatic heterocycles. The molecule has 2 rings (SSSR count). The van der Waals surface area contributed by atoms with Gasteiger partial charge in [-0.25, -0.2) is 15.0 Å². The van der Waals surface area contributed by atoms with Crippen molar-refractivity contribution in [3.63, 3.8) is 0 Å². The van der Waals surface area contributed by atoms with Crippen LogP contribution >= 0.6 is 28.1 Å². The van der Waals surface area contributed by atoms with Gasteiger partial charge in [0, 0.05) is 12.4 Å². The van der Waals surface area contributed by atoms with Crippen molar-refractivity contribution in [3.8, 4) is 5.95 Å². The van der Waals surface area contributed by atoms with E-state index in [1.807, 2.05) is 0 Å². The minimum absolute atomic E-state index is 0.144. The summed E-state index contributed by atoms with van der Waals surface area (Å²) in [5, 5.41) is 4.01. The summed E-state index contributed by atoms with van der Waals surface area (Å²) in [6, 6.07) is 0. The molecule has 6 nitrogen and oxygen atoms in total. The Bertz CT molecular complexity index is 492. The van der Waals surface area contributed by atoms with Crippen LogP contribution in [-0.4, -0.2) is 29.7 Å². The second-order valence-electron chi connectivity index (χ2n) is 2.58. The van der Waals surface area contributed by atoms with E-state index in [1.54, 1.807) is 12.4 Å². The molecule has 0 aromatic carbocycles. The van der Waals surface area contributed by atoms with Crippen LogP contribution in [0.5, 0.6) is 0 Å². The molecule has 0 bridgehead atoms. The Hall–Kier alpha value is -1.41. The first-order chi connectivity index (χ1) is 7.16. The number of rotatable bonds is 2. The van der Waals surface area contributed by atoms with Gasteiger partial charge in [-0.15, -0.1) is 5.10 Å². The zero-order chi connectivity index (χ0) is 10.8. The van der Waals surface area contributed by atoms with Gasteiger partial charge in [-0.05, 0) is 15.9 Å². The molecule has 0 aliphatic carbocycles. The molecule has 0 saturated heterocycles. The summed E-state index contributed by atoms with van der Waals surface area (Å²) >= 11 is 7.97. The van der Waals surface area contributed by atoms with E-state index in [0.717, 1.165) is 4.47 Å². The lowest BCUT2D eigenvalue weighted by Crippen LogP contribution is -2.12. The quantitative estimate of drug-likeness (QED) is 0.807. The molecule has 2 heterocycles. The molecule has 2 aromatic rings. The van der Waals surface area contributed by atoms with Crippen molar-refractivity contribution < 1.29 is 0 Å². The highest BCUT2D eigenvalue weighted by Gasteiger charge is 2.06. The molecule has 0 aliphatic rings. The summed E-state index contributed by atoms with van der Waals surface area (Å²) in [7, 11) is 0. The molecule has 0 amide bonds. The Labute approximate surface area is 98.7 Å². The number of hydrogen-bond donors (Lipinski definition) is 1. The highest BCUT2D eigenvalue weighted by Crippen LogP contribution is 2.06. The van der Waals surface area contributed by atoms with Gasteiger partial charge in [0.15, 0.2) is 0 Å². The smallest absolute Gasteiger partial charge is 0.252 e. The van der Waals surface area contributed by atoms with Gasteiger partial charge in [0.1, 0.15) is 11.3 Å². The minimum atomic E-state index is 0.144. The van der Waals surface area contributed by atoms with Crippen molar-refractivity contribution in [2.45, 2.75) is 0 Å². The van der Waals surface area contributed by atoms with Crippen molar-refractivity contribution in [1.82, 2.24) is 24.7 Å². The predicted molar refractivity (Wildman–Crippen MR) is 60.5 cm³/mol. The van der Waals surface area contributed by atoms with Crippen molar-refractivity contribution in [3.05, 3.63) is 29.0 Å². The maximum atomic E-state index is 5.37. The Morgan fingerprint density at radius 2 is 2.00 bits per heavy atom. The third kappa shape index (κ3) is 2.16. The molecule has 0 unspecified atom stereocenters. The van der Waals surface area contributed by atoms with E-state index in [9.17, 15) is 0 Å². The average molecular weight is 285 g/mol. The Balaban J connectivity index is 2.37. The van der Waals surface area contributed by atoms with E-state index in [0.29, 0.717) is 11.8 Å². The number of halogens is 1. The van der Waals surface area contributed by atoms with Crippen molar-refractivity contribution in [2.24, 2.45) is 5.73 Å². The molecule has 76 valence electrons. The lowest BCUT2D eigenvalue weighted by atomic mass is 10.6. The fourth-order valence-electron chi connectivity index (χ4n) is 0.896. The molecule has 0 aliphatic heterocycles. The van der Waals surface area contributed by atoms with Gasteiger partial charge in [-0.2, -0.15) is 4.68 Å². The normalized spacial score (nSPS) is 10.2. The summed E-state index contributed by atoms with van der Waals surface area (Å²) in [5.74, 6) is 0.713. The first kappa shape index (κ1) is 10.1. The summed E-state index contributed by atoms with van der Waals surface area (Å²) in [6.45, 7) is 0. The molecule has 15 heavy (non-hydrogen) atoms. The van der Waals surface area contributed by atoms with Crippen LogP contribution in [0.3, 0.4) is 0 Å². The summed E-state index contributed by atoms with van der Waals surface area (Å²) in [5.41, 5.74) is 5.37. The summed E-state index contributed by atoms with van der Waals surface area (Å²) in [4.78, 5) is 12.1. The SMILES string of the molecule is NC(=S)c1ncn(-c2ncc(Br)cn2)n1. The molecular formula is C7H5BrN6S. The molecule has 0 atom stereocenters. The van der Waals surface area contributed by atoms with E-state index >= 15 is 0 Å². The molecule has 0 saturated carbocycles. The maximum absolute atomic E-state index is 5.37. The van der Waals surface area contributed by atoms with Crippen molar-refractivity contribution in [1.29, 1.82) is 0 Å². The van der Waals surface area contributed by atoms with E-state index < -0.39 is 0 Å². The van der Waals surface area contributed by atoms with Crippen LogP contribution in [-0.2, 0) is 0 Å². The number of aromatic nitrogens is 5. The molecule has 0 fully saturated rings. The fourth-order valence-corrected chi connectivity index (χ4v) is 1.19. The first-order valence-corrected chi connectivity index (χ1v) is 5.06. The van der Waals surface area contributed by atoms with Crippen LogP contribution in [0, 0.1) is 0 Å². The maximum Gasteiger partial charge on any atom is 0.252 e. The summed E-state index contributed by atoms with van der Waals surface area (Å²) in [6.07, 6.45) is 4.69. The monoisotopic (exact) mass is 284 g/mol. The Morgan fingerprint density at radius 3 is 2.53 bits per heavy atom. The zero-order valence-electron chi connectivity index (χ0n) is 7.33. The van der Waals surface area contributed by atoms with E-state index in [1.165, 1.54) is 11.0 Å². The largest absolute Gasteiger partial charge is 0.387 e. The van der Waals surface area contributed by atoms with Crippen LogP contribution in [0.4, 0.5) is 0 Å². The molecule has 0 radical (unpaired) electrons. The van der Waals surface area contributed by atoms with Gasteiger partial charge in [-0.1, -0.05) is 12.2 Å². The van der Waals surface area contributed by atoms with Crippen molar-refractivity contribution in [2.75, 3.05) is 0 Å². The zero-order valence-corrected chi connectivity index (χ0v) is 9.73. The van der Waals surface area contributed by atoms with Gasteiger partial charge in [0.05, 0.1) is 4.47 Å². The number of nitrogens with two attached hydrogens (primary N) is 1. The standard InChI is InChI=1S/C7H5BrN6S/c8-4-1-10-7(11-2-4)14-3-12-6(13-14)5(9)15/h1-3H,(H2,9,15).